The number of para-hydroxylation sites is 1. The predicted octanol–water partition coefficient (Wildman–Crippen LogP) is 7.02. The zero-order chi connectivity index (χ0) is 23.5. The third kappa shape index (κ3) is 4.26. The maximum absolute atomic E-state index is 11.7. The number of ether oxygens (including phenoxy) is 2. The van der Waals surface area contributed by atoms with Crippen LogP contribution in [0.1, 0.15) is 36.0 Å². The van der Waals surface area contributed by atoms with Gasteiger partial charge in [0.25, 0.3) is 0 Å². The number of nitrogens with zero attached hydrogens (tertiary/aromatic N) is 1. The first-order valence-electron chi connectivity index (χ1n) is 11.9. The Hall–Kier alpha value is -3.73. The Balaban J connectivity index is 1.44. The summed E-state index contributed by atoms with van der Waals surface area (Å²) in [5, 5.41) is 10.5. The van der Waals surface area contributed by atoms with E-state index >= 15 is 0 Å². The molecule has 1 heterocycles. The van der Waals surface area contributed by atoms with Gasteiger partial charge in [0, 0.05) is 11.9 Å². The molecule has 0 saturated carbocycles. The van der Waals surface area contributed by atoms with Crippen molar-refractivity contribution >= 4 is 17.1 Å². The fourth-order valence-electron chi connectivity index (χ4n) is 5.09. The molecule has 174 valence electrons. The molecule has 1 aromatic heterocycles. The fraction of sp³-hybridized carbons (Fsp3) is 0.276. The molecule has 3 aromatic carbocycles. The Labute approximate surface area is 199 Å². The minimum absolute atomic E-state index is 0.361. The van der Waals surface area contributed by atoms with Crippen LogP contribution >= 0.6 is 0 Å². The smallest absolute Gasteiger partial charge is 0.493 e. The summed E-state index contributed by atoms with van der Waals surface area (Å²) in [4.78, 5) is 11.7. The van der Waals surface area contributed by atoms with E-state index in [0.717, 1.165) is 52.6 Å². The van der Waals surface area contributed by atoms with Gasteiger partial charge in [0.15, 0.2) is 0 Å². The lowest BCUT2D eigenvalue weighted by Crippen LogP contribution is -2.12. The third-order valence-corrected chi connectivity index (χ3v) is 6.66. The van der Waals surface area contributed by atoms with Crippen molar-refractivity contribution in [2.24, 2.45) is 0 Å². The van der Waals surface area contributed by atoms with E-state index in [0.29, 0.717) is 19.0 Å². The minimum atomic E-state index is -1.31. The normalized spacial score (nSPS) is 13.0. The van der Waals surface area contributed by atoms with Crippen LogP contribution in [-0.2, 0) is 19.4 Å². The number of hydrogen-bond acceptors (Lipinski definition) is 3. The van der Waals surface area contributed by atoms with Crippen LogP contribution in [0, 0.1) is 6.92 Å². The van der Waals surface area contributed by atoms with Crippen molar-refractivity contribution in [2.75, 3.05) is 6.61 Å². The molecule has 0 fully saturated rings. The molecular weight excluding hydrogens is 426 g/mol. The molecule has 0 radical (unpaired) electrons. The zero-order valence-electron chi connectivity index (χ0n) is 19.4. The van der Waals surface area contributed by atoms with Gasteiger partial charge in [-0.3, -0.25) is 0 Å². The maximum atomic E-state index is 11.7. The number of fused-ring (bicyclic) bond motifs is 2. The highest BCUT2D eigenvalue weighted by atomic mass is 16.7. The standard InChI is InChI=1S/C29H29NO4/c1-20-10-2-4-13-22(20)27-24-15-6-7-16-25(24)30(28(27)34-29(31)32)18-9-19-33-26-17-8-12-21-11-3-5-14-23(21)26/h2,4,6-8,10,12-13,15-17H,3,5,9,11,14,18-19H2,1H3,(H,31,32). The van der Waals surface area contributed by atoms with Gasteiger partial charge in [-0.1, -0.05) is 54.6 Å². The van der Waals surface area contributed by atoms with Gasteiger partial charge in [-0.25, -0.2) is 4.79 Å². The molecule has 0 spiro atoms. The summed E-state index contributed by atoms with van der Waals surface area (Å²) >= 11 is 0. The van der Waals surface area contributed by atoms with Crippen LogP contribution in [0.5, 0.6) is 11.6 Å². The first-order chi connectivity index (χ1) is 16.6. The minimum Gasteiger partial charge on any atom is -0.493 e. The lowest BCUT2D eigenvalue weighted by atomic mass is 9.91. The highest BCUT2D eigenvalue weighted by Gasteiger charge is 2.23. The van der Waals surface area contributed by atoms with Gasteiger partial charge < -0.3 is 19.1 Å². The summed E-state index contributed by atoms with van der Waals surface area (Å²) in [6, 6.07) is 22.3. The average Bonchev–Trinajstić information content (AvgIpc) is 3.14. The van der Waals surface area contributed by atoms with E-state index in [1.807, 2.05) is 60.0 Å². The quantitative estimate of drug-likeness (QED) is 0.240. The number of aryl methyl sites for hydroxylation is 3. The first kappa shape index (κ1) is 22.1. The molecule has 1 N–H and O–H groups in total. The zero-order valence-corrected chi connectivity index (χ0v) is 19.4. The number of carbonyl (C=O) groups is 1. The molecule has 0 amide bonds. The van der Waals surface area contributed by atoms with Gasteiger partial charge in [0.1, 0.15) is 5.75 Å². The van der Waals surface area contributed by atoms with Crippen LogP contribution in [-0.4, -0.2) is 22.4 Å². The van der Waals surface area contributed by atoms with Gasteiger partial charge in [0.2, 0.25) is 5.88 Å². The third-order valence-electron chi connectivity index (χ3n) is 6.66. The number of carboxylic acid groups (broad SMARTS) is 1. The fourth-order valence-corrected chi connectivity index (χ4v) is 5.09. The maximum Gasteiger partial charge on any atom is 0.512 e. The Morgan fingerprint density at radius 1 is 0.971 bits per heavy atom. The lowest BCUT2D eigenvalue weighted by molar-refractivity contribution is 0.141. The summed E-state index contributed by atoms with van der Waals surface area (Å²) in [5.41, 5.74) is 6.55. The van der Waals surface area contributed by atoms with E-state index in [2.05, 4.69) is 18.2 Å². The Morgan fingerprint density at radius 2 is 1.76 bits per heavy atom. The van der Waals surface area contributed by atoms with E-state index in [4.69, 9.17) is 9.47 Å². The Bertz CT molecular complexity index is 1340. The SMILES string of the molecule is Cc1ccccc1-c1c(OC(=O)O)n(CCCOc2cccc3c2CCCC3)c2ccccc12. The van der Waals surface area contributed by atoms with Crippen LogP contribution in [0.15, 0.2) is 66.7 Å². The van der Waals surface area contributed by atoms with Crippen molar-refractivity contribution in [1.29, 1.82) is 0 Å². The summed E-state index contributed by atoms with van der Waals surface area (Å²) < 4.78 is 13.6. The molecule has 5 rings (SSSR count). The van der Waals surface area contributed by atoms with Crippen molar-refractivity contribution in [3.63, 3.8) is 0 Å². The van der Waals surface area contributed by atoms with Crippen LogP contribution in [0.25, 0.3) is 22.0 Å². The second-order valence-electron chi connectivity index (χ2n) is 8.83. The molecule has 0 bridgehead atoms. The summed E-state index contributed by atoms with van der Waals surface area (Å²) in [6.45, 7) is 3.17. The van der Waals surface area contributed by atoms with E-state index in [9.17, 15) is 9.90 Å². The van der Waals surface area contributed by atoms with Crippen molar-refractivity contribution in [2.45, 2.75) is 45.6 Å². The second-order valence-corrected chi connectivity index (χ2v) is 8.83. The molecule has 4 aromatic rings. The molecule has 5 nitrogen and oxygen atoms in total. The molecule has 5 heteroatoms. The van der Waals surface area contributed by atoms with Crippen molar-refractivity contribution in [3.8, 4) is 22.8 Å². The van der Waals surface area contributed by atoms with Gasteiger partial charge in [-0.05, 0) is 73.4 Å². The van der Waals surface area contributed by atoms with Crippen molar-refractivity contribution in [1.82, 2.24) is 4.57 Å². The Morgan fingerprint density at radius 3 is 2.62 bits per heavy atom. The molecule has 0 atom stereocenters. The first-order valence-corrected chi connectivity index (χ1v) is 11.9. The molecule has 34 heavy (non-hydrogen) atoms. The molecule has 1 aliphatic carbocycles. The van der Waals surface area contributed by atoms with Crippen molar-refractivity contribution in [3.05, 3.63) is 83.4 Å². The highest BCUT2D eigenvalue weighted by Crippen LogP contribution is 2.41. The molecule has 0 aliphatic heterocycles. The number of rotatable bonds is 7. The second kappa shape index (κ2) is 9.64. The molecule has 1 aliphatic rings. The number of benzene rings is 3. The van der Waals surface area contributed by atoms with E-state index in [1.165, 1.54) is 24.0 Å². The molecule has 0 saturated heterocycles. The molecule has 0 unspecified atom stereocenters. The van der Waals surface area contributed by atoms with Gasteiger partial charge >= 0.3 is 6.16 Å². The number of aromatic nitrogens is 1. The summed E-state index contributed by atoms with van der Waals surface area (Å²) in [6.07, 6.45) is 4.06. The van der Waals surface area contributed by atoms with Crippen LogP contribution in [0.4, 0.5) is 4.79 Å². The van der Waals surface area contributed by atoms with Crippen LogP contribution < -0.4 is 9.47 Å². The highest BCUT2D eigenvalue weighted by molar-refractivity contribution is 6.01. The van der Waals surface area contributed by atoms with Gasteiger partial charge in [0.05, 0.1) is 17.7 Å². The Kier molecular flexibility index (Phi) is 6.26. The van der Waals surface area contributed by atoms with E-state index in [1.54, 1.807) is 0 Å². The summed E-state index contributed by atoms with van der Waals surface area (Å²) in [5.74, 6) is 1.34. The van der Waals surface area contributed by atoms with E-state index in [-0.39, 0.29) is 0 Å². The summed E-state index contributed by atoms with van der Waals surface area (Å²) in [7, 11) is 0. The van der Waals surface area contributed by atoms with Crippen molar-refractivity contribution < 1.29 is 19.4 Å². The largest absolute Gasteiger partial charge is 0.512 e. The van der Waals surface area contributed by atoms with Crippen LogP contribution in [0.3, 0.4) is 0 Å². The van der Waals surface area contributed by atoms with E-state index < -0.39 is 6.16 Å². The number of hydrogen-bond donors (Lipinski definition) is 1. The molecular formula is C29H29NO4. The topological polar surface area (TPSA) is 60.7 Å². The monoisotopic (exact) mass is 455 g/mol. The predicted molar refractivity (Wildman–Crippen MR) is 134 cm³/mol. The lowest BCUT2D eigenvalue weighted by Gasteiger charge is -2.19. The van der Waals surface area contributed by atoms with Gasteiger partial charge in [-0.2, -0.15) is 0 Å². The average molecular weight is 456 g/mol. The van der Waals surface area contributed by atoms with Gasteiger partial charge in [-0.15, -0.1) is 0 Å². The van der Waals surface area contributed by atoms with Crippen LogP contribution in [0.2, 0.25) is 0 Å².